The van der Waals surface area contributed by atoms with Gasteiger partial charge in [0.1, 0.15) is 12.4 Å². The van der Waals surface area contributed by atoms with Crippen LogP contribution < -0.4 is 9.67 Å². The molecule has 0 saturated carbocycles. The van der Waals surface area contributed by atoms with Gasteiger partial charge in [-0.1, -0.05) is 26.2 Å². The van der Waals surface area contributed by atoms with Crippen LogP contribution in [0.2, 0.25) is 0 Å². The van der Waals surface area contributed by atoms with E-state index in [1.54, 1.807) is 0 Å². The van der Waals surface area contributed by atoms with Crippen LogP contribution in [0.5, 0.6) is 0 Å². The summed E-state index contributed by atoms with van der Waals surface area (Å²) in [7, 11) is 2.02. The van der Waals surface area contributed by atoms with Crippen molar-refractivity contribution in [2.24, 2.45) is 7.05 Å². The van der Waals surface area contributed by atoms with E-state index in [4.69, 9.17) is 0 Å². The Kier molecular flexibility index (Phi) is 9.73. The number of nitrogens with zero attached hydrogens (tertiary/aromatic N) is 2. The minimum atomic E-state index is -1.42. The van der Waals surface area contributed by atoms with Crippen molar-refractivity contribution in [2.75, 3.05) is 6.61 Å². The van der Waals surface area contributed by atoms with Crippen molar-refractivity contribution in [1.29, 1.82) is 0 Å². The highest BCUT2D eigenvalue weighted by Crippen LogP contribution is 1.98. The van der Waals surface area contributed by atoms with Crippen LogP contribution in [0.25, 0.3) is 0 Å². The predicted molar refractivity (Wildman–Crippen MR) is 66.8 cm³/mol. The van der Waals surface area contributed by atoms with Gasteiger partial charge in [0.25, 0.3) is 6.16 Å². The van der Waals surface area contributed by atoms with Gasteiger partial charge in [-0.25, -0.2) is 9.13 Å². The molecule has 0 aromatic carbocycles. The molecule has 0 unspecified atom stereocenters. The zero-order valence-corrected chi connectivity index (χ0v) is 11.6. The Morgan fingerprint density at radius 1 is 1.33 bits per heavy atom. The molecule has 1 rings (SSSR count). The number of unbranched alkanes of at least 4 members (excludes halogenated alkanes) is 3. The molecular formula is C13H24N2O3. The number of imidazole rings is 1. The molecule has 0 saturated heterocycles. The van der Waals surface area contributed by atoms with E-state index in [9.17, 15) is 9.90 Å². The van der Waals surface area contributed by atoms with Crippen LogP contribution in [0.15, 0.2) is 18.7 Å². The number of rotatable bonds is 6. The lowest BCUT2D eigenvalue weighted by Gasteiger charge is -2.06. The predicted octanol–water partition coefficient (Wildman–Crippen LogP) is 1.26. The SMILES string of the molecule is CCCCCCOC(=O)[O-].CCn1cc[n+](C)c1. The van der Waals surface area contributed by atoms with Gasteiger partial charge in [0.05, 0.1) is 13.6 Å². The van der Waals surface area contributed by atoms with Gasteiger partial charge in [0.2, 0.25) is 6.33 Å². The molecule has 1 aromatic heterocycles. The zero-order valence-electron chi connectivity index (χ0n) is 11.6. The maximum Gasteiger partial charge on any atom is 0.251 e. The summed E-state index contributed by atoms with van der Waals surface area (Å²) < 4.78 is 8.35. The van der Waals surface area contributed by atoms with Gasteiger partial charge < -0.3 is 14.6 Å². The summed E-state index contributed by atoms with van der Waals surface area (Å²) in [5.74, 6) is 0. The first-order valence-corrected chi connectivity index (χ1v) is 6.44. The molecule has 104 valence electrons. The Morgan fingerprint density at radius 2 is 2.06 bits per heavy atom. The number of carboxylic acid groups (broad SMARTS) is 1. The Balaban J connectivity index is 0.000000327. The summed E-state index contributed by atoms with van der Waals surface area (Å²) in [6.45, 7) is 5.56. The third kappa shape index (κ3) is 9.69. The molecule has 0 spiro atoms. The Bertz CT molecular complexity index is 324. The second kappa shape index (κ2) is 10.6. The summed E-state index contributed by atoms with van der Waals surface area (Å²) in [5.41, 5.74) is 0. The minimum Gasteiger partial charge on any atom is -0.550 e. The third-order valence-corrected chi connectivity index (χ3v) is 2.41. The normalized spacial score (nSPS) is 9.50. The fraction of sp³-hybridized carbons (Fsp3) is 0.692. The highest BCUT2D eigenvalue weighted by Gasteiger charge is 1.92. The molecule has 0 radical (unpaired) electrons. The standard InChI is InChI=1S/C7H14O3.C6H11N2/c1-2-3-4-5-6-10-7(8)9;1-3-8-5-4-7(2)6-8/h2-6H2,1H3,(H,8,9);4-6H,3H2,1-2H3/q;+1/p-1. The molecule has 18 heavy (non-hydrogen) atoms. The number of aromatic nitrogens is 2. The quantitative estimate of drug-likeness (QED) is 0.437. The van der Waals surface area contributed by atoms with Gasteiger partial charge in [-0.15, -0.1) is 0 Å². The number of hydrogen-bond donors (Lipinski definition) is 0. The fourth-order valence-corrected chi connectivity index (χ4v) is 1.37. The summed E-state index contributed by atoms with van der Waals surface area (Å²) in [6.07, 6.45) is 8.84. The van der Waals surface area contributed by atoms with Crippen molar-refractivity contribution < 1.29 is 19.2 Å². The summed E-state index contributed by atoms with van der Waals surface area (Å²) in [6, 6.07) is 0. The van der Waals surface area contributed by atoms with E-state index in [-0.39, 0.29) is 6.61 Å². The molecule has 1 aromatic rings. The lowest BCUT2D eigenvalue weighted by atomic mass is 10.2. The number of ether oxygens (including phenoxy) is 1. The summed E-state index contributed by atoms with van der Waals surface area (Å²) in [5, 5.41) is 9.70. The van der Waals surface area contributed by atoms with Gasteiger partial charge in [0, 0.05) is 6.61 Å². The fourth-order valence-electron chi connectivity index (χ4n) is 1.37. The van der Waals surface area contributed by atoms with E-state index in [1.165, 1.54) is 0 Å². The molecule has 0 atom stereocenters. The van der Waals surface area contributed by atoms with Crippen molar-refractivity contribution in [3.05, 3.63) is 18.7 Å². The molecule has 5 nitrogen and oxygen atoms in total. The first-order valence-electron chi connectivity index (χ1n) is 6.44. The zero-order chi connectivity index (χ0) is 13.8. The molecule has 5 heteroatoms. The Morgan fingerprint density at radius 3 is 2.44 bits per heavy atom. The van der Waals surface area contributed by atoms with E-state index in [0.717, 1.165) is 32.2 Å². The number of carbonyl (C=O) groups is 1. The molecule has 0 aliphatic heterocycles. The van der Waals surface area contributed by atoms with Crippen LogP contribution in [-0.4, -0.2) is 17.3 Å². The molecule has 0 aliphatic rings. The van der Waals surface area contributed by atoms with Gasteiger partial charge >= 0.3 is 0 Å². The topological polar surface area (TPSA) is 58.2 Å². The number of carbonyl (C=O) groups excluding carboxylic acids is 1. The lowest BCUT2D eigenvalue weighted by Crippen LogP contribution is -2.23. The minimum absolute atomic E-state index is 0.280. The van der Waals surface area contributed by atoms with Crippen LogP contribution in [0.4, 0.5) is 4.79 Å². The number of hydrogen-bond acceptors (Lipinski definition) is 3. The molecular weight excluding hydrogens is 232 g/mol. The molecule has 0 fully saturated rings. The molecule has 0 N–H and O–H groups in total. The first-order chi connectivity index (χ1) is 8.60. The van der Waals surface area contributed by atoms with Crippen LogP contribution in [-0.2, 0) is 18.3 Å². The van der Waals surface area contributed by atoms with E-state index in [1.807, 2.05) is 17.8 Å². The van der Waals surface area contributed by atoms with Crippen LogP contribution >= 0.6 is 0 Å². The van der Waals surface area contributed by atoms with Crippen molar-refractivity contribution in [2.45, 2.75) is 46.1 Å². The van der Waals surface area contributed by atoms with Crippen LogP contribution in [0.1, 0.15) is 39.5 Å². The van der Waals surface area contributed by atoms with Gasteiger partial charge in [-0.3, -0.25) is 0 Å². The van der Waals surface area contributed by atoms with Gasteiger partial charge in [-0.05, 0) is 13.3 Å². The smallest absolute Gasteiger partial charge is 0.251 e. The second-order valence-electron chi connectivity index (χ2n) is 4.07. The van der Waals surface area contributed by atoms with Crippen molar-refractivity contribution >= 4 is 6.16 Å². The van der Waals surface area contributed by atoms with E-state index < -0.39 is 6.16 Å². The maximum atomic E-state index is 9.70. The summed E-state index contributed by atoms with van der Waals surface area (Å²) in [4.78, 5) is 9.70. The highest BCUT2D eigenvalue weighted by molar-refractivity contribution is 5.53. The van der Waals surface area contributed by atoms with E-state index in [2.05, 4.69) is 35.7 Å². The second-order valence-corrected chi connectivity index (χ2v) is 4.07. The Labute approximate surface area is 109 Å². The van der Waals surface area contributed by atoms with Crippen LogP contribution in [0.3, 0.4) is 0 Å². The van der Waals surface area contributed by atoms with E-state index in [0.29, 0.717) is 0 Å². The Hall–Kier alpha value is -1.52. The average Bonchev–Trinajstić information content (AvgIpc) is 2.75. The highest BCUT2D eigenvalue weighted by atomic mass is 16.7. The maximum absolute atomic E-state index is 9.70. The van der Waals surface area contributed by atoms with Crippen molar-refractivity contribution in [3.8, 4) is 0 Å². The molecule has 0 amide bonds. The van der Waals surface area contributed by atoms with Crippen LogP contribution in [0, 0.1) is 0 Å². The third-order valence-electron chi connectivity index (χ3n) is 2.41. The van der Waals surface area contributed by atoms with Gasteiger partial charge in [0.15, 0.2) is 0 Å². The first kappa shape index (κ1) is 16.5. The van der Waals surface area contributed by atoms with Gasteiger partial charge in [-0.2, -0.15) is 0 Å². The molecule has 1 heterocycles. The van der Waals surface area contributed by atoms with E-state index >= 15 is 0 Å². The average molecular weight is 256 g/mol. The molecule has 0 aliphatic carbocycles. The summed E-state index contributed by atoms with van der Waals surface area (Å²) >= 11 is 0. The molecule has 0 bridgehead atoms. The number of aryl methyl sites for hydroxylation is 2. The monoisotopic (exact) mass is 256 g/mol. The van der Waals surface area contributed by atoms with Crippen molar-refractivity contribution in [1.82, 2.24) is 4.57 Å². The lowest BCUT2D eigenvalue weighted by molar-refractivity contribution is -0.671. The van der Waals surface area contributed by atoms with Crippen molar-refractivity contribution in [3.63, 3.8) is 0 Å². The largest absolute Gasteiger partial charge is 0.550 e.